The van der Waals surface area contributed by atoms with E-state index in [0.717, 1.165) is 23.9 Å². The van der Waals surface area contributed by atoms with Crippen LogP contribution in [0.5, 0.6) is 0 Å². The molecule has 3 rings (SSSR count). The molecule has 1 aliphatic rings. The van der Waals surface area contributed by atoms with Crippen LogP contribution < -0.4 is 5.73 Å². The van der Waals surface area contributed by atoms with E-state index in [2.05, 4.69) is 41.6 Å². The summed E-state index contributed by atoms with van der Waals surface area (Å²) < 4.78 is 2.21. The number of nitrogens with two attached hydrogens (primary N) is 1. The molecule has 2 aromatic rings. The predicted molar refractivity (Wildman–Crippen MR) is 80.0 cm³/mol. The van der Waals surface area contributed by atoms with Crippen molar-refractivity contribution in [1.29, 1.82) is 0 Å². The van der Waals surface area contributed by atoms with Gasteiger partial charge < -0.3 is 10.3 Å². The van der Waals surface area contributed by atoms with Gasteiger partial charge >= 0.3 is 0 Å². The lowest BCUT2D eigenvalue weighted by Crippen LogP contribution is -2.19. The van der Waals surface area contributed by atoms with Crippen molar-refractivity contribution in [2.75, 3.05) is 5.73 Å². The molecule has 1 aromatic carbocycles. The number of imidazole rings is 1. The topological polar surface area (TPSA) is 43.8 Å². The van der Waals surface area contributed by atoms with Crippen molar-refractivity contribution >= 4 is 17.0 Å². The maximum Gasteiger partial charge on any atom is 0.201 e. The average molecular weight is 257 g/mol. The third-order valence-corrected chi connectivity index (χ3v) is 4.50. The summed E-state index contributed by atoms with van der Waals surface area (Å²) in [7, 11) is 0. The van der Waals surface area contributed by atoms with Gasteiger partial charge in [-0.25, -0.2) is 4.98 Å². The number of nitrogens with zero attached hydrogens (tertiary/aromatic N) is 2. The number of para-hydroxylation sites is 1. The third kappa shape index (κ3) is 2.34. The zero-order valence-electron chi connectivity index (χ0n) is 11.9. The Morgan fingerprint density at radius 2 is 2.21 bits per heavy atom. The van der Waals surface area contributed by atoms with Crippen molar-refractivity contribution in [2.45, 2.75) is 46.1 Å². The minimum Gasteiger partial charge on any atom is -0.369 e. The molecule has 0 spiro atoms. The molecular formula is C16H23N3. The van der Waals surface area contributed by atoms with Gasteiger partial charge in [0.15, 0.2) is 0 Å². The van der Waals surface area contributed by atoms with Gasteiger partial charge in [-0.15, -0.1) is 0 Å². The molecule has 2 atom stereocenters. The second-order valence-electron chi connectivity index (χ2n) is 6.16. The molecule has 0 saturated heterocycles. The molecule has 102 valence electrons. The lowest BCUT2D eigenvalue weighted by Gasteiger charge is -2.27. The molecule has 2 N–H and O–H groups in total. The number of anilines is 1. The molecule has 1 aliphatic carbocycles. The SMILES string of the molecule is Cc1cccc2c1nc(N)n2CC1CCCC(C)C1. The molecule has 1 saturated carbocycles. The number of hydrogen-bond acceptors (Lipinski definition) is 2. The molecule has 2 unspecified atom stereocenters. The summed E-state index contributed by atoms with van der Waals surface area (Å²) in [5.41, 5.74) is 9.58. The van der Waals surface area contributed by atoms with E-state index in [1.54, 1.807) is 0 Å². The summed E-state index contributed by atoms with van der Waals surface area (Å²) in [4.78, 5) is 4.54. The van der Waals surface area contributed by atoms with Crippen molar-refractivity contribution < 1.29 is 0 Å². The first kappa shape index (κ1) is 12.5. The van der Waals surface area contributed by atoms with Crippen LogP contribution in [0.25, 0.3) is 11.0 Å². The quantitative estimate of drug-likeness (QED) is 0.890. The maximum absolute atomic E-state index is 6.13. The molecule has 19 heavy (non-hydrogen) atoms. The zero-order valence-corrected chi connectivity index (χ0v) is 11.9. The van der Waals surface area contributed by atoms with Crippen LogP contribution in [-0.4, -0.2) is 9.55 Å². The van der Waals surface area contributed by atoms with Gasteiger partial charge in [-0.2, -0.15) is 0 Å². The van der Waals surface area contributed by atoms with Gasteiger partial charge in [0, 0.05) is 6.54 Å². The van der Waals surface area contributed by atoms with Crippen LogP contribution in [0, 0.1) is 18.8 Å². The van der Waals surface area contributed by atoms with Crippen LogP contribution in [-0.2, 0) is 6.54 Å². The Morgan fingerprint density at radius 3 is 3.00 bits per heavy atom. The number of rotatable bonds is 2. The average Bonchev–Trinajstić information content (AvgIpc) is 2.69. The van der Waals surface area contributed by atoms with Crippen LogP contribution in [0.4, 0.5) is 5.95 Å². The fraction of sp³-hybridized carbons (Fsp3) is 0.562. The van der Waals surface area contributed by atoms with Gasteiger partial charge in [0.2, 0.25) is 5.95 Å². The lowest BCUT2D eigenvalue weighted by molar-refractivity contribution is 0.259. The molecule has 1 aromatic heterocycles. The van der Waals surface area contributed by atoms with Crippen LogP contribution in [0.3, 0.4) is 0 Å². The van der Waals surface area contributed by atoms with Crippen molar-refractivity contribution in [1.82, 2.24) is 9.55 Å². The molecule has 0 aliphatic heterocycles. The Hall–Kier alpha value is -1.51. The van der Waals surface area contributed by atoms with E-state index in [-0.39, 0.29) is 0 Å². The van der Waals surface area contributed by atoms with Crippen LogP contribution >= 0.6 is 0 Å². The van der Waals surface area contributed by atoms with Gasteiger partial charge in [-0.3, -0.25) is 0 Å². The van der Waals surface area contributed by atoms with E-state index in [9.17, 15) is 0 Å². The van der Waals surface area contributed by atoms with Crippen molar-refractivity contribution in [2.24, 2.45) is 11.8 Å². The lowest BCUT2D eigenvalue weighted by atomic mass is 9.82. The van der Waals surface area contributed by atoms with E-state index in [1.165, 1.54) is 36.8 Å². The first-order valence-corrected chi connectivity index (χ1v) is 7.36. The minimum atomic E-state index is 0.669. The number of aryl methyl sites for hydroxylation is 1. The first-order chi connectivity index (χ1) is 9.15. The molecule has 0 bridgehead atoms. The van der Waals surface area contributed by atoms with E-state index in [1.807, 2.05) is 0 Å². The van der Waals surface area contributed by atoms with Gasteiger partial charge in [-0.1, -0.05) is 31.9 Å². The first-order valence-electron chi connectivity index (χ1n) is 7.36. The van der Waals surface area contributed by atoms with Crippen molar-refractivity contribution in [3.63, 3.8) is 0 Å². The monoisotopic (exact) mass is 257 g/mol. The normalized spacial score (nSPS) is 23.9. The molecule has 3 nitrogen and oxygen atoms in total. The summed E-state index contributed by atoms with van der Waals surface area (Å²) in [5.74, 6) is 2.28. The number of fused-ring (bicyclic) bond motifs is 1. The van der Waals surface area contributed by atoms with E-state index >= 15 is 0 Å². The van der Waals surface area contributed by atoms with E-state index in [0.29, 0.717) is 5.95 Å². The largest absolute Gasteiger partial charge is 0.369 e. The van der Waals surface area contributed by atoms with Crippen LogP contribution in [0.2, 0.25) is 0 Å². The number of hydrogen-bond donors (Lipinski definition) is 1. The Kier molecular flexibility index (Phi) is 3.21. The molecule has 3 heteroatoms. The number of aromatic nitrogens is 2. The van der Waals surface area contributed by atoms with Crippen molar-refractivity contribution in [3.8, 4) is 0 Å². The molecular weight excluding hydrogens is 234 g/mol. The minimum absolute atomic E-state index is 0.669. The second-order valence-corrected chi connectivity index (χ2v) is 6.16. The van der Waals surface area contributed by atoms with Crippen molar-refractivity contribution in [3.05, 3.63) is 23.8 Å². The highest BCUT2D eigenvalue weighted by atomic mass is 15.2. The van der Waals surface area contributed by atoms with Gasteiger partial charge in [0.25, 0.3) is 0 Å². The molecule has 0 radical (unpaired) electrons. The predicted octanol–water partition coefficient (Wildman–Crippen LogP) is 3.75. The molecule has 0 amide bonds. The number of benzene rings is 1. The summed E-state index contributed by atoms with van der Waals surface area (Å²) in [5, 5.41) is 0. The summed E-state index contributed by atoms with van der Waals surface area (Å²) in [6.07, 6.45) is 5.40. The second kappa shape index (κ2) is 4.87. The Bertz CT molecular complexity index is 585. The Balaban J connectivity index is 1.92. The standard InChI is InChI=1S/C16H23N3/c1-11-5-3-7-13(9-11)10-19-14-8-4-6-12(2)15(14)18-16(19)17/h4,6,8,11,13H,3,5,7,9-10H2,1-2H3,(H2,17,18). The highest BCUT2D eigenvalue weighted by Gasteiger charge is 2.21. The van der Waals surface area contributed by atoms with Crippen LogP contribution in [0.15, 0.2) is 18.2 Å². The van der Waals surface area contributed by atoms with Gasteiger partial charge in [0.1, 0.15) is 0 Å². The van der Waals surface area contributed by atoms with Crippen LogP contribution in [0.1, 0.15) is 38.2 Å². The van der Waals surface area contributed by atoms with E-state index < -0.39 is 0 Å². The Morgan fingerprint density at radius 1 is 1.37 bits per heavy atom. The maximum atomic E-state index is 6.13. The highest BCUT2D eigenvalue weighted by molar-refractivity contribution is 5.81. The summed E-state index contributed by atoms with van der Waals surface area (Å²) in [6, 6.07) is 6.33. The number of nitrogen functional groups attached to an aromatic ring is 1. The molecule has 1 fully saturated rings. The third-order valence-electron chi connectivity index (χ3n) is 4.50. The Labute approximate surface area is 114 Å². The fourth-order valence-corrected chi connectivity index (χ4v) is 3.48. The summed E-state index contributed by atoms with van der Waals surface area (Å²) in [6.45, 7) is 5.49. The van der Waals surface area contributed by atoms with Gasteiger partial charge in [-0.05, 0) is 43.2 Å². The van der Waals surface area contributed by atoms with Gasteiger partial charge in [0.05, 0.1) is 11.0 Å². The van der Waals surface area contributed by atoms with E-state index in [4.69, 9.17) is 5.73 Å². The summed E-state index contributed by atoms with van der Waals surface area (Å²) >= 11 is 0. The smallest absolute Gasteiger partial charge is 0.201 e. The zero-order chi connectivity index (χ0) is 13.4. The molecule has 1 heterocycles. The highest BCUT2D eigenvalue weighted by Crippen LogP contribution is 2.31. The fourth-order valence-electron chi connectivity index (χ4n) is 3.48.